The fourth-order valence-electron chi connectivity index (χ4n) is 3.36. The van der Waals surface area contributed by atoms with Gasteiger partial charge in [0.15, 0.2) is 0 Å². The van der Waals surface area contributed by atoms with Gasteiger partial charge in [0.2, 0.25) is 0 Å². The van der Waals surface area contributed by atoms with Crippen LogP contribution in [0.4, 0.5) is 0 Å². The van der Waals surface area contributed by atoms with E-state index in [0.717, 1.165) is 35.8 Å². The van der Waals surface area contributed by atoms with Crippen molar-refractivity contribution in [2.75, 3.05) is 6.54 Å². The Bertz CT molecular complexity index is 700. The normalized spacial score (nSPS) is 20.3. The molecular formula is C18H20BrNO2S. The highest BCUT2D eigenvalue weighted by Gasteiger charge is 2.36. The number of aliphatic carboxylic acids is 1. The number of hydrogen-bond acceptors (Lipinski definition) is 3. The summed E-state index contributed by atoms with van der Waals surface area (Å²) in [6, 6.07) is 9.84. The van der Waals surface area contributed by atoms with Gasteiger partial charge in [-0.05, 0) is 54.9 Å². The van der Waals surface area contributed by atoms with Crippen LogP contribution in [-0.4, -0.2) is 28.6 Å². The van der Waals surface area contributed by atoms with Gasteiger partial charge in [0.1, 0.15) is 6.04 Å². The fraction of sp³-hybridized carbons (Fsp3) is 0.389. The van der Waals surface area contributed by atoms with E-state index >= 15 is 0 Å². The molecule has 1 saturated heterocycles. The van der Waals surface area contributed by atoms with Crippen LogP contribution in [0.1, 0.15) is 41.3 Å². The Morgan fingerprint density at radius 3 is 2.78 bits per heavy atom. The number of carbonyl (C=O) groups is 1. The third-order valence-electron chi connectivity index (χ3n) is 4.51. The molecule has 0 aliphatic carbocycles. The average Bonchev–Trinajstić information content (AvgIpc) is 2.96. The van der Waals surface area contributed by atoms with E-state index in [4.69, 9.17) is 0 Å². The lowest BCUT2D eigenvalue weighted by Crippen LogP contribution is -2.46. The van der Waals surface area contributed by atoms with Crippen molar-refractivity contribution in [3.63, 3.8) is 0 Å². The van der Waals surface area contributed by atoms with Gasteiger partial charge < -0.3 is 5.11 Å². The number of piperidine rings is 1. The molecule has 0 radical (unpaired) electrons. The van der Waals surface area contributed by atoms with Gasteiger partial charge in [0, 0.05) is 9.35 Å². The van der Waals surface area contributed by atoms with E-state index in [1.54, 1.807) is 11.3 Å². The summed E-state index contributed by atoms with van der Waals surface area (Å²) in [6.45, 7) is 2.93. The lowest BCUT2D eigenvalue weighted by molar-refractivity contribution is -0.145. The van der Waals surface area contributed by atoms with Crippen molar-refractivity contribution < 1.29 is 9.90 Å². The van der Waals surface area contributed by atoms with E-state index in [-0.39, 0.29) is 6.04 Å². The van der Waals surface area contributed by atoms with Crippen LogP contribution in [0.5, 0.6) is 0 Å². The number of hydrogen-bond donors (Lipinski definition) is 1. The molecule has 2 unspecified atom stereocenters. The topological polar surface area (TPSA) is 40.5 Å². The molecule has 1 aliphatic heterocycles. The maximum Gasteiger partial charge on any atom is 0.320 e. The number of carboxylic acids is 1. The molecule has 2 aromatic rings. The molecule has 23 heavy (non-hydrogen) atoms. The third kappa shape index (κ3) is 3.37. The maximum absolute atomic E-state index is 11.8. The highest BCUT2D eigenvalue weighted by Crippen LogP contribution is 2.40. The molecule has 1 N–H and O–H groups in total. The monoisotopic (exact) mass is 393 g/mol. The maximum atomic E-state index is 11.8. The number of benzene rings is 1. The van der Waals surface area contributed by atoms with Gasteiger partial charge in [-0.3, -0.25) is 9.69 Å². The first-order chi connectivity index (χ1) is 11.1. The first kappa shape index (κ1) is 16.7. The molecule has 1 aromatic carbocycles. The van der Waals surface area contributed by atoms with Crippen LogP contribution in [0, 0.1) is 6.92 Å². The van der Waals surface area contributed by atoms with Crippen LogP contribution in [0.2, 0.25) is 0 Å². The van der Waals surface area contributed by atoms with Gasteiger partial charge >= 0.3 is 5.97 Å². The summed E-state index contributed by atoms with van der Waals surface area (Å²) in [4.78, 5) is 15.2. The van der Waals surface area contributed by atoms with Crippen LogP contribution in [-0.2, 0) is 4.79 Å². The van der Waals surface area contributed by atoms with Crippen LogP contribution in [0.15, 0.2) is 40.2 Å². The number of aryl methyl sites for hydroxylation is 1. The molecule has 3 nitrogen and oxygen atoms in total. The van der Waals surface area contributed by atoms with Crippen LogP contribution in [0.25, 0.3) is 0 Å². The van der Waals surface area contributed by atoms with Crippen molar-refractivity contribution in [2.24, 2.45) is 0 Å². The molecular weight excluding hydrogens is 374 g/mol. The molecule has 0 amide bonds. The van der Waals surface area contributed by atoms with E-state index in [1.165, 1.54) is 10.4 Å². The van der Waals surface area contributed by atoms with Gasteiger partial charge in [-0.25, -0.2) is 0 Å². The standard InChI is InChI=1S/C18H20BrNO2S/c1-12-9-11-23-17(12)16(13-6-2-3-7-14(13)19)20-10-5-4-8-15(20)18(21)22/h2-3,6-7,9,11,15-16H,4-5,8,10H2,1H3,(H,21,22). The number of thiophene rings is 1. The lowest BCUT2D eigenvalue weighted by atomic mass is 9.94. The Morgan fingerprint density at radius 2 is 2.13 bits per heavy atom. The van der Waals surface area contributed by atoms with Crippen molar-refractivity contribution in [1.82, 2.24) is 4.90 Å². The number of rotatable bonds is 4. The van der Waals surface area contributed by atoms with E-state index in [1.807, 2.05) is 18.2 Å². The molecule has 2 atom stereocenters. The molecule has 2 heterocycles. The third-order valence-corrected chi connectivity index (χ3v) is 6.30. The van der Waals surface area contributed by atoms with Crippen LogP contribution in [0.3, 0.4) is 0 Å². The zero-order valence-corrected chi connectivity index (χ0v) is 15.4. The molecule has 5 heteroatoms. The van der Waals surface area contributed by atoms with E-state index in [2.05, 4.69) is 45.3 Å². The Balaban J connectivity index is 2.10. The van der Waals surface area contributed by atoms with E-state index < -0.39 is 12.0 Å². The van der Waals surface area contributed by atoms with Gasteiger partial charge in [-0.15, -0.1) is 11.3 Å². The Labute approximate surface area is 149 Å². The van der Waals surface area contributed by atoms with Gasteiger partial charge in [0.05, 0.1) is 6.04 Å². The zero-order valence-electron chi connectivity index (χ0n) is 13.0. The largest absolute Gasteiger partial charge is 0.480 e. The number of carboxylic acid groups (broad SMARTS) is 1. The molecule has 1 aliphatic rings. The van der Waals surface area contributed by atoms with Crippen LogP contribution < -0.4 is 0 Å². The van der Waals surface area contributed by atoms with Gasteiger partial charge in [0.25, 0.3) is 0 Å². The minimum Gasteiger partial charge on any atom is -0.480 e. The first-order valence-corrected chi connectivity index (χ1v) is 9.54. The minimum atomic E-state index is -0.712. The predicted molar refractivity (Wildman–Crippen MR) is 97.0 cm³/mol. The van der Waals surface area contributed by atoms with Crippen molar-refractivity contribution in [3.05, 3.63) is 56.2 Å². The van der Waals surface area contributed by atoms with Crippen molar-refractivity contribution in [3.8, 4) is 0 Å². The molecule has 1 aromatic heterocycles. The SMILES string of the molecule is Cc1ccsc1C(c1ccccc1Br)N1CCCCC1C(=O)O. The predicted octanol–water partition coefficient (Wildman–Crippen LogP) is 4.85. The molecule has 1 fully saturated rings. The molecule has 122 valence electrons. The summed E-state index contributed by atoms with van der Waals surface area (Å²) in [5.74, 6) is -0.712. The summed E-state index contributed by atoms with van der Waals surface area (Å²) >= 11 is 5.37. The quantitative estimate of drug-likeness (QED) is 0.806. The molecule has 0 saturated carbocycles. The molecule has 3 rings (SSSR count). The smallest absolute Gasteiger partial charge is 0.320 e. The van der Waals surface area contributed by atoms with Crippen molar-refractivity contribution in [1.29, 1.82) is 0 Å². The lowest BCUT2D eigenvalue weighted by Gasteiger charge is -2.39. The molecule has 0 bridgehead atoms. The number of likely N-dealkylation sites (tertiary alicyclic amines) is 1. The van der Waals surface area contributed by atoms with Gasteiger partial charge in [-0.1, -0.05) is 40.5 Å². The van der Waals surface area contributed by atoms with Crippen LogP contribution >= 0.6 is 27.3 Å². The second kappa shape index (κ2) is 7.16. The second-order valence-electron chi connectivity index (χ2n) is 5.98. The summed E-state index contributed by atoms with van der Waals surface area (Å²) < 4.78 is 1.03. The average molecular weight is 394 g/mol. The van der Waals surface area contributed by atoms with Crippen molar-refractivity contribution >= 4 is 33.2 Å². The highest BCUT2D eigenvalue weighted by atomic mass is 79.9. The fourth-order valence-corrected chi connectivity index (χ4v) is 4.93. The number of halogens is 1. The summed E-state index contributed by atoms with van der Waals surface area (Å²) in [6.07, 6.45) is 2.76. The Kier molecular flexibility index (Phi) is 5.19. The number of nitrogens with zero attached hydrogens (tertiary/aromatic N) is 1. The zero-order chi connectivity index (χ0) is 16.4. The second-order valence-corrected chi connectivity index (χ2v) is 7.78. The Hall–Kier alpha value is -1.17. The minimum absolute atomic E-state index is 0.00743. The van der Waals surface area contributed by atoms with E-state index in [9.17, 15) is 9.90 Å². The summed E-state index contributed by atoms with van der Waals surface area (Å²) in [5, 5.41) is 11.8. The first-order valence-electron chi connectivity index (χ1n) is 7.86. The summed E-state index contributed by atoms with van der Waals surface area (Å²) in [7, 11) is 0. The Morgan fingerprint density at radius 1 is 1.35 bits per heavy atom. The van der Waals surface area contributed by atoms with Gasteiger partial charge in [-0.2, -0.15) is 0 Å². The molecule has 0 spiro atoms. The highest BCUT2D eigenvalue weighted by molar-refractivity contribution is 9.10. The van der Waals surface area contributed by atoms with E-state index in [0.29, 0.717) is 0 Å². The summed E-state index contributed by atoms with van der Waals surface area (Å²) in [5.41, 5.74) is 2.37. The van der Waals surface area contributed by atoms with Crippen molar-refractivity contribution in [2.45, 2.75) is 38.3 Å².